The number of benzene rings is 1. The van der Waals surface area contributed by atoms with Crippen molar-refractivity contribution in [1.82, 2.24) is 15.2 Å². The summed E-state index contributed by atoms with van der Waals surface area (Å²) in [6.45, 7) is 7.58. The first-order valence-electron chi connectivity index (χ1n) is 6.60. The SMILES string of the molecule is Cc1ccc2cc(CN3CCNCC3)cnc2c1. The Hall–Kier alpha value is -1.45. The number of nitrogens with one attached hydrogen (secondary N) is 1. The Bertz CT molecular complexity index is 544. The van der Waals surface area contributed by atoms with Crippen LogP contribution < -0.4 is 5.32 Å². The predicted molar refractivity (Wildman–Crippen MR) is 74.6 cm³/mol. The molecule has 0 radical (unpaired) electrons. The molecule has 1 aromatic heterocycles. The summed E-state index contributed by atoms with van der Waals surface area (Å²) in [4.78, 5) is 7.04. The highest BCUT2D eigenvalue weighted by Crippen LogP contribution is 2.16. The average molecular weight is 241 g/mol. The van der Waals surface area contributed by atoms with Gasteiger partial charge in [0.05, 0.1) is 5.52 Å². The number of nitrogens with zero attached hydrogens (tertiary/aromatic N) is 2. The van der Waals surface area contributed by atoms with E-state index < -0.39 is 0 Å². The van der Waals surface area contributed by atoms with E-state index in [9.17, 15) is 0 Å². The normalized spacial score (nSPS) is 17.2. The maximum absolute atomic E-state index is 4.57. The highest BCUT2D eigenvalue weighted by molar-refractivity contribution is 5.79. The number of aromatic nitrogens is 1. The summed E-state index contributed by atoms with van der Waals surface area (Å²) < 4.78 is 0. The van der Waals surface area contributed by atoms with Crippen molar-refractivity contribution < 1.29 is 0 Å². The molecule has 0 bridgehead atoms. The van der Waals surface area contributed by atoms with Crippen LogP contribution in [0.3, 0.4) is 0 Å². The van der Waals surface area contributed by atoms with Gasteiger partial charge in [-0.25, -0.2) is 0 Å². The Balaban J connectivity index is 1.82. The predicted octanol–water partition coefficient (Wildman–Crippen LogP) is 1.95. The number of hydrogen-bond donors (Lipinski definition) is 1. The van der Waals surface area contributed by atoms with Crippen molar-refractivity contribution in [2.24, 2.45) is 0 Å². The molecule has 1 aliphatic rings. The van der Waals surface area contributed by atoms with Crippen molar-refractivity contribution in [3.8, 4) is 0 Å². The molecule has 0 spiro atoms. The third-order valence-corrected chi connectivity index (χ3v) is 3.51. The molecule has 0 unspecified atom stereocenters. The highest BCUT2D eigenvalue weighted by atomic mass is 15.2. The van der Waals surface area contributed by atoms with Gasteiger partial charge in [0.25, 0.3) is 0 Å². The average Bonchev–Trinajstić information content (AvgIpc) is 2.40. The van der Waals surface area contributed by atoms with Crippen LogP contribution in [0.2, 0.25) is 0 Å². The lowest BCUT2D eigenvalue weighted by Gasteiger charge is -2.27. The third kappa shape index (κ3) is 2.52. The van der Waals surface area contributed by atoms with E-state index in [0.717, 1.165) is 38.2 Å². The molecule has 1 aliphatic heterocycles. The van der Waals surface area contributed by atoms with Crippen LogP contribution in [0, 0.1) is 6.92 Å². The quantitative estimate of drug-likeness (QED) is 0.871. The smallest absolute Gasteiger partial charge is 0.0704 e. The monoisotopic (exact) mass is 241 g/mol. The fraction of sp³-hybridized carbons (Fsp3) is 0.400. The standard InChI is InChI=1S/C15H19N3/c1-12-2-3-14-9-13(10-17-15(14)8-12)11-18-6-4-16-5-7-18/h2-3,8-10,16H,4-7,11H2,1H3. The lowest BCUT2D eigenvalue weighted by molar-refractivity contribution is 0.233. The molecule has 3 nitrogen and oxygen atoms in total. The highest BCUT2D eigenvalue weighted by Gasteiger charge is 2.10. The first-order valence-corrected chi connectivity index (χ1v) is 6.60. The Morgan fingerprint density at radius 3 is 2.89 bits per heavy atom. The van der Waals surface area contributed by atoms with Crippen LogP contribution >= 0.6 is 0 Å². The van der Waals surface area contributed by atoms with E-state index in [4.69, 9.17) is 0 Å². The molecule has 0 amide bonds. The molecule has 0 atom stereocenters. The van der Waals surface area contributed by atoms with Crippen LogP contribution in [0.1, 0.15) is 11.1 Å². The van der Waals surface area contributed by atoms with E-state index in [1.807, 2.05) is 6.20 Å². The Kier molecular flexibility index (Phi) is 3.26. The van der Waals surface area contributed by atoms with E-state index in [2.05, 4.69) is 46.4 Å². The first-order chi connectivity index (χ1) is 8.81. The topological polar surface area (TPSA) is 28.2 Å². The van der Waals surface area contributed by atoms with Gasteiger partial charge >= 0.3 is 0 Å². The molecule has 94 valence electrons. The van der Waals surface area contributed by atoms with E-state index in [1.54, 1.807) is 0 Å². The van der Waals surface area contributed by atoms with E-state index in [-0.39, 0.29) is 0 Å². The number of hydrogen-bond acceptors (Lipinski definition) is 3. The van der Waals surface area contributed by atoms with Crippen molar-refractivity contribution in [3.05, 3.63) is 41.6 Å². The Morgan fingerprint density at radius 2 is 2.06 bits per heavy atom. The zero-order valence-electron chi connectivity index (χ0n) is 10.8. The molecule has 1 saturated heterocycles. The van der Waals surface area contributed by atoms with Gasteiger partial charge in [-0.3, -0.25) is 9.88 Å². The largest absolute Gasteiger partial charge is 0.314 e. The van der Waals surface area contributed by atoms with Gasteiger partial charge in [-0.1, -0.05) is 12.1 Å². The second-order valence-corrected chi connectivity index (χ2v) is 5.07. The van der Waals surface area contributed by atoms with Gasteiger partial charge in [-0.15, -0.1) is 0 Å². The maximum atomic E-state index is 4.57. The molecule has 0 saturated carbocycles. The van der Waals surface area contributed by atoms with Crippen LogP contribution in [0.4, 0.5) is 0 Å². The lowest BCUT2D eigenvalue weighted by Crippen LogP contribution is -2.42. The second kappa shape index (κ2) is 5.04. The third-order valence-electron chi connectivity index (χ3n) is 3.51. The fourth-order valence-electron chi connectivity index (χ4n) is 2.49. The zero-order valence-corrected chi connectivity index (χ0v) is 10.8. The number of aryl methyl sites for hydroxylation is 1. The van der Waals surface area contributed by atoms with Gasteiger partial charge in [0.1, 0.15) is 0 Å². The summed E-state index contributed by atoms with van der Waals surface area (Å²) in [6, 6.07) is 8.73. The van der Waals surface area contributed by atoms with Crippen molar-refractivity contribution >= 4 is 10.9 Å². The lowest BCUT2D eigenvalue weighted by atomic mass is 10.1. The van der Waals surface area contributed by atoms with Crippen LogP contribution in [0.25, 0.3) is 10.9 Å². The molecule has 3 rings (SSSR count). The van der Waals surface area contributed by atoms with Crippen molar-refractivity contribution in [3.63, 3.8) is 0 Å². The summed E-state index contributed by atoms with van der Waals surface area (Å²) >= 11 is 0. The van der Waals surface area contributed by atoms with Crippen molar-refractivity contribution in [1.29, 1.82) is 0 Å². The minimum Gasteiger partial charge on any atom is -0.314 e. The van der Waals surface area contributed by atoms with Crippen molar-refractivity contribution in [2.45, 2.75) is 13.5 Å². The zero-order chi connectivity index (χ0) is 12.4. The van der Waals surface area contributed by atoms with Crippen LogP contribution in [-0.4, -0.2) is 36.1 Å². The van der Waals surface area contributed by atoms with Crippen LogP contribution in [0.15, 0.2) is 30.5 Å². The summed E-state index contributed by atoms with van der Waals surface area (Å²) in [5.74, 6) is 0. The molecule has 2 heterocycles. The number of rotatable bonds is 2. The molecule has 1 N–H and O–H groups in total. The summed E-state index contributed by atoms with van der Waals surface area (Å²) in [6.07, 6.45) is 2.02. The van der Waals surface area contributed by atoms with E-state index >= 15 is 0 Å². The molecular formula is C15H19N3. The van der Waals surface area contributed by atoms with Gasteiger partial charge in [0, 0.05) is 44.3 Å². The summed E-state index contributed by atoms with van der Waals surface area (Å²) in [5.41, 5.74) is 3.68. The van der Waals surface area contributed by atoms with Gasteiger partial charge in [0.2, 0.25) is 0 Å². The number of pyridine rings is 1. The van der Waals surface area contributed by atoms with Gasteiger partial charge in [-0.2, -0.15) is 0 Å². The number of fused-ring (bicyclic) bond motifs is 1. The molecular weight excluding hydrogens is 222 g/mol. The van der Waals surface area contributed by atoms with Crippen molar-refractivity contribution in [2.75, 3.05) is 26.2 Å². The summed E-state index contributed by atoms with van der Waals surface area (Å²) in [7, 11) is 0. The van der Waals surface area contributed by atoms with Gasteiger partial charge in [-0.05, 0) is 30.2 Å². The minimum atomic E-state index is 1.01. The Morgan fingerprint density at radius 1 is 1.22 bits per heavy atom. The molecule has 2 aromatic rings. The van der Waals surface area contributed by atoms with Gasteiger partial charge in [0.15, 0.2) is 0 Å². The molecule has 3 heteroatoms. The summed E-state index contributed by atoms with van der Waals surface area (Å²) in [5, 5.41) is 4.62. The van der Waals surface area contributed by atoms with E-state index in [1.165, 1.54) is 16.5 Å². The molecule has 1 fully saturated rings. The maximum Gasteiger partial charge on any atom is 0.0704 e. The first kappa shape index (κ1) is 11.6. The molecule has 18 heavy (non-hydrogen) atoms. The minimum absolute atomic E-state index is 1.01. The van der Waals surface area contributed by atoms with Crippen LogP contribution in [0.5, 0.6) is 0 Å². The van der Waals surface area contributed by atoms with Crippen LogP contribution in [-0.2, 0) is 6.54 Å². The van der Waals surface area contributed by atoms with E-state index in [0.29, 0.717) is 0 Å². The molecule has 0 aliphatic carbocycles. The number of piperazine rings is 1. The molecule has 1 aromatic carbocycles. The second-order valence-electron chi connectivity index (χ2n) is 5.07. The Labute approximate surface area is 108 Å². The van der Waals surface area contributed by atoms with Gasteiger partial charge < -0.3 is 5.32 Å². The fourth-order valence-corrected chi connectivity index (χ4v) is 2.49.